The molecule has 8 heteroatoms. The van der Waals surface area contributed by atoms with E-state index in [0.29, 0.717) is 37.0 Å². The lowest BCUT2D eigenvalue weighted by Crippen LogP contribution is -2.28. The van der Waals surface area contributed by atoms with E-state index in [0.717, 1.165) is 28.4 Å². The van der Waals surface area contributed by atoms with Gasteiger partial charge in [-0.1, -0.05) is 30.3 Å². The van der Waals surface area contributed by atoms with Gasteiger partial charge in [0.25, 0.3) is 5.91 Å². The Hall–Kier alpha value is -3.39. The Kier molecular flexibility index (Phi) is 5.06. The minimum atomic E-state index is -0.102. The third-order valence-electron chi connectivity index (χ3n) is 5.17. The lowest BCUT2D eigenvalue weighted by Gasteiger charge is -2.13. The standard InChI is InChI=1S/C22H19N5O2S/c28-22(27-10-8-16(13-27)21-23-9-11-30-21)19-14-29-20(24-19)12-17-6-7-18(26-25-17)15-4-2-1-3-5-15/h1-7,9,11,14,16H,8,10,12-13H2. The predicted molar refractivity (Wildman–Crippen MR) is 112 cm³/mol. The number of hydrogen-bond acceptors (Lipinski definition) is 7. The first kappa shape index (κ1) is 18.6. The topological polar surface area (TPSA) is 85.0 Å². The molecule has 0 bridgehead atoms. The zero-order valence-electron chi connectivity index (χ0n) is 16.1. The Balaban J connectivity index is 1.23. The van der Waals surface area contributed by atoms with Gasteiger partial charge in [0, 0.05) is 36.1 Å². The van der Waals surface area contributed by atoms with E-state index >= 15 is 0 Å². The van der Waals surface area contributed by atoms with Crippen LogP contribution in [-0.2, 0) is 6.42 Å². The number of thiazole rings is 1. The maximum Gasteiger partial charge on any atom is 0.275 e. The van der Waals surface area contributed by atoms with Crippen LogP contribution in [0.4, 0.5) is 0 Å². The molecule has 1 unspecified atom stereocenters. The number of likely N-dealkylation sites (tertiary alicyclic amines) is 1. The second-order valence-electron chi connectivity index (χ2n) is 7.19. The van der Waals surface area contributed by atoms with Gasteiger partial charge in [0.05, 0.1) is 22.8 Å². The summed E-state index contributed by atoms with van der Waals surface area (Å²) in [5.74, 6) is 0.657. The van der Waals surface area contributed by atoms with Crippen LogP contribution in [0.1, 0.15) is 39.4 Å². The average molecular weight is 417 g/mol. The zero-order chi connectivity index (χ0) is 20.3. The maximum absolute atomic E-state index is 12.8. The van der Waals surface area contributed by atoms with Crippen LogP contribution in [0.3, 0.4) is 0 Å². The van der Waals surface area contributed by atoms with E-state index in [9.17, 15) is 4.79 Å². The molecule has 1 aromatic carbocycles. The summed E-state index contributed by atoms with van der Waals surface area (Å²) in [7, 11) is 0. The van der Waals surface area contributed by atoms with Crippen LogP contribution < -0.4 is 0 Å². The molecule has 1 aliphatic rings. The summed E-state index contributed by atoms with van der Waals surface area (Å²) in [6.45, 7) is 1.37. The average Bonchev–Trinajstić information content (AvgIpc) is 3.55. The van der Waals surface area contributed by atoms with Gasteiger partial charge in [-0.05, 0) is 18.6 Å². The molecule has 7 nitrogen and oxygen atoms in total. The van der Waals surface area contributed by atoms with Crippen LogP contribution in [0.5, 0.6) is 0 Å². The molecule has 4 heterocycles. The van der Waals surface area contributed by atoms with E-state index in [-0.39, 0.29) is 5.91 Å². The molecular weight excluding hydrogens is 398 g/mol. The van der Waals surface area contributed by atoms with Crippen molar-refractivity contribution < 1.29 is 9.21 Å². The van der Waals surface area contributed by atoms with Gasteiger partial charge in [-0.3, -0.25) is 4.79 Å². The second-order valence-corrected chi connectivity index (χ2v) is 8.11. The molecule has 0 aliphatic carbocycles. The lowest BCUT2D eigenvalue weighted by atomic mass is 10.1. The Bertz CT molecular complexity index is 1130. The fourth-order valence-corrected chi connectivity index (χ4v) is 4.37. The Morgan fingerprint density at radius 1 is 1.17 bits per heavy atom. The molecule has 4 aromatic rings. The van der Waals surface area contributed by atoms with Gasteiger partial charge in [0.2, 0.25) is 5.89 Å². The summed E-state index contributed by atoms with van der Waals surface area (Å²) < 4.78 is 5.53. The van der Waals surface area contributed by atoms with Crippen molar-refractivity contribution in [2.24, 2.45) is 0 Å². The molecule has 1 saturated heterocycles. The van der Waals surface area contributed by atoms with Crippen molar-refractivity contribution in [2.75, 3.05) is 13.1 Å². The molecule has 150 valence electrons. The van der Waals surface area contributed by atoms with E-state index in [2.05, 4.69) is 20.2 Å². The minimum Gasteiger partial charge on any atom is -0.448 e. The normalized spacial score (nSPS) is 16.1. The summed E-state index contributed by atoms with van der Waals surface area (Å²) >= 11 is 1.64. The predicted octanol–water partition coefficient (Wildman–Crippen LogP) is 3.81. The summed E-state index contributed by atoms with van der Waals surface area (Å²) in [6, 6.07) is 13.7. The van der Waals surface area contributed by atoms with Crippen molar-refractivity contribution in [2.45, 2.75) is 18.8 Å². The number of oxazole rings is 1. The van der Waals surface area contributed by atoms with Crippen LogP contribution >= 0.6 is 11.3 Å². The number of nitrogens with zero attached hydrogens (tertiary/aromatic N) is 5. The number of amides is 1. The largest absolute Gasteiger partial charge is 0.448 e. The van der Waals surface area contributed by atoms with Gasteiger partial charge >= 0.3 is 0 Å². The van der Waals surface area contributed by atoms with Crippen molar-refractivity contribution in [3.05, 3.63) is 82.6 Å². The minimum absolute atomic E-state index is 0.102. The molecule has 1 amide bonds. The summed E-state index contributed by atoms with van der Waals surface area (Å²) in [4.78, 5) is 23.4. The Labute approximate surface area is 177 Å². The number of rotatable bonds is 5. The van der Waals surface area contributed by atoms with E-state index in [1.165, 1.54) is 6.26 Å². The molecule has 30 heavy (non-hydrogen) atoms. The van der Waals surface area contributed by atoms with E-state index in [1.807, 2.05) is 58.9 Å². The lowest BCUT2D eigenvalue weighted by molar-refractivity contribution is 0.0785. The Morgan fingerprint density at radius 2 is 2.07 bits per heavy atom. The Morgan fingerprint density at radius 3 is 2.83 bits per heavy atom. The van der Waals surface area contributed by atoms with Gasteiger partial charge in [-0.15, -0.1) is 11.3 Å². The quantitative estimate of drug-likeness (QED) is 0.491. The monoisotopic (exact) mass is 417 g/mol. The highest BCUT2D eigenvalue weighted by Gasteiger charge is 2.30. The molecular formula is C22H19N5O2S. The number of aromatic nitrogens is 4. The van der Waals surface area contributed by atoms with E-state index in [1.54, 1.807) is 11.3 Å². The van der Waals surface area contributed by atoms with Gasteiger partial charge in [-0.25, -0.2) is 9.97 Å². The van der Waals surface area contributed by atoms with Gasteiger partial charge in [0.1, 0.15) is 6.26 Å². The van der Waals surface area contributed by atoms with E-state index in [4.69, 9.17) is 4.42 Å². The third kappa shape index (κ3) is 3.86. The highest BCUT2D eigenvalue weighted by molar-refractivity contribution is 7.09. The van der Waals surface area contributed by atoms with Crippen molar-refractivity contribution in [1.82, 2.24) is 25.1 Å². The highest BCUT2D eigenvalue weighted by Crippen LogP contribution is 2.29. The van der Waals surface area contributed by atoms with Crippen molar-refractivity contribution >= 4 is 17.2 Å². The van der Waals surface area contributed by atoms with Gasteiger partial charge < -0.3 is 9.32 Å². The zero-order valence-corrected chi connectivity index (χ0v) is 17.0. The van der Waals surface area contributed by atoms with Crippen LogP contribution in [0.25, 0.3) is 11.3 Å². The molecule has 1 fully saturated rings. The molecule has 0 N–H and O–H groups in total. The second kappa shape index (κ2) is 8.16. The molecule has 0 radical (unpaired) electrons. The first-order chi connectivity index (χ1) is 14.8. The number of benzene rings is 1. The summed E-state index contributed by atoms with van der Waals surface area (Å²) in [5, 5.41) is 11.6. The number of hydrogen-bond donors (Lipinski definition) is 0. The van der Waals surface area contributed by atoms with Crippen molar-refractivity contribution in [1.29, 1.82) is 0 Å². The van der Waals surface area contributed by atoms with Crippen LogP contribution in [0.15, 0.2) is 64.7 Å². The van der Waals surface area contributed by atoms with Crippen molar-refractivity contribution in [3.63, 3.8) is 0 Å². The number of carbonyl (C=O) groups is 1. The molecule has 0 spiro atoms. The highest BCUT2D eigenvalue weighted by atomic mass is 32.1. The molecule has 1 atom stereocenters. The number of carbonyl (C=O) groups excluding carboxylic acids is 1. The summed E-state index contributed by atoms with van der Waals surface area (Å²) in [6.07, 6.45) is 4.55. The van der Waals surface area contributed by atoms with Crippen LogP contribution in [0.2, 0.25) is 0 Å². The fraction of sp³-hybridized carbons (Fsp3) is 0.227. The SMILES string of the molecule is O=C(c1coc(Cc2ccc(-c3ccccc3)nn2)n1)N1CCC(c2nccs2)C1. The maximum atomic E-state index is 12.8. The fourth-order valence-electron chi connectivity index (χ4n) is 3.61. The van der Waals surface area contributed by atoms with E-state index < -0.39 is 0 Å². The van der Waals surface area contributed by atoms with Crippen molar-refractivity contribution in [3.8, 4) is 11.3 Å². The first-order valence-electron chi connectivity index (χ1n) is 9.77. The van der Waals surface area contributed by atoms with Gasteiger partial charge in [0.15, 0.2) is 5.69 Å². The molecule has 3 aromatic heterocycles. The third-order valence-corrected chi connectivity index (χ3v) is 6.11. The summed E-state index contributed by atoms with van der Waals surface area (Å²) in [5.41, 5.74) is 2.90. The molecule has 1 aliphatic heterocycles. The van der Waals surface area contributed by atoms with Crippen LogP contribution in [0, 0.1) is 0 Å². The van der Waals surface area contributed by atoms with Crippen LogP contribution in [-0.4, -0.2) is 44.1 Å². The first-order valence-corrected chi connectivity index (χ1v) is 10.7. The molecule has 5 rings (SSSR count). The van der Waals surface area contributed by atoms with Gasteiger partial charge in [-0.2, -0.15) is 10.2 Å². The molecule has 0 saturated carbocycles. The smallest absolute Gasteiger partial charge is 0.275 e.